The molecule has 6 heteroatoms. The molecule has 17 heavy (non-hydrogen) atoms. The lowest BCUT2D eigenvalue weighted by Gasteiger charge is -2.23. The lowest BCUT2D eigenvalue weighted by Crippen LogP contribution is -2.22. The van der Waals surface area contributed by atoms with Crippen LogP contribution in [-0.2, 0) is 0 Å². The Balaban J connectivity index is 2.83. The molecule has 0 amide bonds. The van der Waals surface area contributed by atoms with E-state index in [4.69, 9.17) is 0 Å². The lowest BCUT2D eigenvalue weighted by molar-refractivity contribution is -0.138. The Labute approximate surface area is 101 Å². The molecule has 0 aliphatic heterocycles. The van der Waals surface area contributed by atoms with E-state index < -0.39 is 30.2 Å². The van der Waals surface area contributed by atoms with Crippen LogP contribution in [0.2, 0.25) is 0 Å². The monoisotopic (exact) mass is 270 g/mol. The summed E-state index contributed by atoms with van der Waals surface area (Å²) in [6.45, 7) is 0. The molecule has 0 aliphatic carbocycles. The normalized spacial score (nSPS) is 14.7. The summed E-state index contributed by atoms with van der Waals surface area (Å²) in [4.78, 5) is 0. The smallest absolute Gasteiger partial charge is 0.194 e. The third-order valence-electron chi connectivity index (χ3n) is 2.34. The summed E-state index contributed by atoms with van der Waals surface area (Å²) in [7, 11) is 0. The Bertz CT molecular complexity index is 341. The van der Waals surface area contributed by atoms with E-state index in [1.807, 2.05) is 0 Å². The second-order valence-corrected chi connectivity index (χ2v) is 4.30. The highest BCUT2D eigenvalue weighted by Gasteiger charge is 2.39. The van der Waals surface area contributed by atoms with Crippen molar-refractivity contribution in [2.24, 2.45) is 0 Å². The SMILES string of the molecule is FC(F)(F)CCC(c1ccccc1)C(F)(F)S. The van der Waals surface area contributed by atoms with Crippen molar-refractivity contribution < 1.29 is 22.0 Å². The third-order valence-corrected chi connectivity index (χ3v) is 2.65. The van der Waals surface area contributed by atoms with Crippen molar-refractivity contribution in [3.05, 3.63) is 35.9 Å². The molecule has 0 fully saturated rings. The first-order valence-corrected chi connectivity index (χ1v) is 5.37. The molecule has 0 nitrogen and oxygen atoms in total. The fraction of sp³-hybridized carbons (Fsp3) is 0.455. The zero-order valence-corrected chi connectivity index (χ0v) is 9.61. The van der Waals surface area contributed by atoms with Gasteiger partial charge in [0.05, 0.1) is 5.92 Å². The summed E-state index contributed by atoms with van der Waals surface area (Å²) >= 11 is 3.09. The minimum atomic E-state index is -4.44. The number of rotatable bonds is 4. The van der Waals surface area contributed by atoms with E-state index in [0.717, 1.165) is 0 Å². The minimum Gasteiger partial charge on any atom is -0.194 e. The van der Waals surface area contributed by atoms with Gasteiger partial charge in [-0.05, 0) is 12.0 Å². The van der Waals surface area contributed by atoms with Crippen molar-refractivity contribution >= 4 is 12.6 Å². The van der Waals surface area contributed by atoms with E-state index in [-0.39, 0.29) is 5.56 Å². The molecule has 96 valence electrons. The summed E-state index contributed by atoms with van der Waals surface area (Å²) in [5, 5.41) is -3.47. The lowest BCUT2D eigenvalue weighted by atomic mass is 9.94. The molecule has 0 radical (unpaired) electrons. The third kappa shape index (κ3) is 4.93. The van der Waals surface area contributed by atoms with Crippen molar-refractivity contribution in [2.75, 3.05) is 0 Å². The van der Waals surface area contributed by atoms with E-state index in [1.165, 1.54) is 24.3 Å². The Kier molecular flexibility index (Phi) is 4.41. The highest BCUT2D eigenvalue weighted by atomic mass is 32.1. The van der Waals surface area contributed by atoms with Gasteiger partial charge in [0, 0.05) is 6.42 Å². The number of hydrogen-bond acceptors (Lipinski definition) is 1. The van der Waals surface area contributed by atoms with Gasteiger partial charge in [-0.25, -0.2) is 0 Å². The van der Waals surface area contributed by atoms with Gasteiger partial charge in [0.15, 0.2) is 0 Å². The maximum absolute atomic E-state index is 13.1. The Hall–Kier alpha value is -0.780. The first-order chi connectivity index (χ1) is 7.70. The topological polar surface area (TPSA) is 0 Å². The largest absolute Gasteiger partial charge is 0.389 e. The van der Waals surface area contributed by atoms with E-state index in [0.29, 0.717) is 0 Å². The summed E-state index contributed by atoms with van der Waals surface area (Å²) in [5.74, 6) is -1.53. The molecule has 0 aliphatic rings. The molecule has 0 aromatic heterocycles. The van der Waals surface area contributed by atoms with Gasteiger partial charge in [-0.1, -0.05) is 30.3 Å². The molecule has 0 bridgehead atoms. The second kappa shape index (κ2) is 5.25. The number of benzene rings is 1. The number of thiol groups is 1. The minimum absolute atomic E-state index is 0.164. The highest BCUT2D eigenvalue weighted by Crippen LogP contribution is 2.41. The predicted octanol–water partition coefficient (Wildman–Crippen LogP) is 4.64. The van der Waals surface area contributed by atoms with Crippen LogP contribution >= 0.6 is 12.6 Å². The summed E-state index contributed by atoms with van der Waals surface area (Å²) in [6.07, 6.45) is -6.36. The fourth-order valence-electron chi connectivity index (χ4n) is 1.53. The van der Waals surface area contributed by atoms with E-state index in [9.17, 15) is 22.0 Å². The van der Waals surface area contributed by atoms with Gasteiger partial charge in [-0.2, -0.15) is 22.0 Å². The van der Waals surface area contributed by atoms with Crippen molar-refractivity contribution in [2.45, 2.75) is 30.2 Å². The molecule has 1 unspecified atom stereocenters. The maximum Gasteiger partial charge on any atom is 0.389 e. The molecule has 0 spiro atoms. The van der Waals surface area contributed by atoms with Crippen molar-refractivity contribution in [3.63, 3.8) is 0 Å². The van der Waals surface area contributed by atoms with Crippen LogP contribution in [0.25, 0.3) is 0 Å². The van der Waals surface area contributed by atoms with Gasteiger partial charge >= 0.3 is 6.18 Å². The van der Waals surface area contributed by atoms with Crippen LogP contribution in [0.5, 0.6) is 0 Å². The average molecular weight is 270 g/mol. The first-order valence-electron chi connectivity index (χ1n) is 4.92. The zero-order valence-electron chi connectivity index (χ0n) is 8.72. The quantitative estimate of drug-likeness (QED) is 0.598. The maximum atomic E-state index is 13.1. The van der Waals surface area contributed by atoms with Gasteiger partial charge < -0.3 is 0 Å². The van der Waals surface area contributed by atoms with E-state index in [2.05, 4.69) is 12.6 Å². The molecule has 0 heterocycles. The molecular weight excluding hydrogens is 259 g/mol. The molecule has 0 saturated heterocycles. The first kappa shape index (κ1) is 14.3. The standard InChI is InChI=1S/C11H11F5S/c12-10(13,14)7-6-9(11(15,16)17)8-4-2-1-3-5-8/h1-5,9,17H,6-7H2. The van der Waals surface area contributed by atoms with Gasteiger partial charge in [0.25, 0.3) is 5.25 Å². The highest BCUT2D eigenvalue weighted by molar-refractivity contribution is 7.81. The molecule has 1 atom stereocenters. The van der Waals surface area contributed by atoms with Crippen LogP contribution in [-0.4, -0.2) is 11.4 Å². The van der Waals surface area contributed by atoms with Crippen LogP contribution in [0.3, 0.4) is 0 Å². The van der Waals surface area contributed by atoms with Crippen LogP contribution in [0, 0.1) is 0 Å². The second-order valence-electron chi connectivity index (χ2n) is 3.70. The average Bonchev–Trinajstić information content (AvgIpc) is 2.15. The van der Waals surface area contributed by atoms with Crippen LogP contribution in [0.15, 0.2) is 30.3 Å². The molecule has 0 saturated carbocycles. The molecule has 0 N–H and O–H groups in total. The summed E-state index contributed by atoms with van der Waals surface area (Å²) < 4.78 is 62.4. The van der Waals surface area contributed by atoms with Crippen molar-refractivity contribution in [3.8, 4) is 0 Å². The molecule has 1 aromatic carbocycles. The predicted molar refractivity (Wildman–Crippen MR) is 58.4 cm³/mol. The van der Waals surface area contributed by atoms with Gasteiger partial charge in [0.1, 0.15) is 0 Å². The summed E-state index contributed by atoms with van der Waals surface area (Å²) in [5.41, 5.74) is 0.164. The van der Waals surface area contributed by atoms with Gasteiger partial charge in [-0.15, -0.1) is 12.6 Å². The van der Waals surface area contributed by atoms with Gasteiger partial charge in [0.2, 0.25) is 0 Å². The zero-order chi connectivity index (χ0) is 13.1. The van der Waals surface area contributed by atoms with E-state index >= 15 is 0 Å². The number of alkyl halides is 5. The Morgan fingerprint density at radius 2 is 1.53 bits per heavy atom. The van der Waals surface area contributed by atoms with Crippen LogP contribution < -0.4 is 0 Å². The van der Waals surface area contributed by atoms with Crippen molar-refractivity contribution in [1.29, 1.82) is 0 Å². The summed E-state index contributed by atoms with van der Waals surface area (Å²) in [6, 6.07) is 7.39. The molecule has 1 aromatic rings. The van der Waals surface area contributed by atoms with Crippen molar-refractivity contribution in [1.82, 2.24) is 0 Å². The Morgan fingerprint density at radius 3 is 1.94 bits per heavy atom. The van der Waals surface area contributed by atoms with Crippen LogP contribution in [0.1, 0.15) is 24.3 Å². The fourth-order valence-corrected chi connectivity index (χ4v) is 1.81. The van der Waals surface area contributed by atoms with Crippen LogP contribution in [0.4, 0.5) is 22.0 Å². The molecular formula is C11H11F5S. The van der Waals surface area contributed by atoms with Gasteiger partial charge in [-0.3, -0.25) is 0 Å². The molecule has 1 rings (SSSR count). The Morgan fingerprint density at radius 1 is 1.00 bits per heavy atom. The number of halogens is 5. The van der Waals surface area contributed by atoms with E-state index in [1.54, 1.807) is 6.07 Å². The number of hydrogen-bond donors (Lipinski definition) is 1.